The molecule has 0 aliphatic carbocycles. The first-order valence-corrected chi connectivity index (χ1v) is 5.95. The Hall–Kier alpha value is -1.34. The fourth-order valence-electron chi connectivity index (χ4n) is 2.20. The van der Waals surface area contributed by atoms with E-state index < -0.39 is 0 Å². The van der Waals surface area contributed by atoms with Gasteiger partial charge < -0.3 is 4.57 Å². The molecule has 2 heterocycles. The van der Waals surface area contributed by atoms with Gasteiger partial charge in [0.1, 0.15) is 5.82 Å². The predicted molar refractivity (Wildman–Crippen MR) is 61.5 cm³/mol. The van der Waals surface area contributed by atoms with Crippen LogP contribution in [0.3, 0.4) is 0 Å². The summed E-state index contributed by atoms with van der Waals surface area (Å²) in [5.41, 5.74) is 0. The van der Waals surface area contributed by atoms with E-state index in [1.807, 2.05) is 12.4 Å². The van der Waals surface area contributed by atoms with Crippen LogP contribution in [0.2, 0.25) is 0 Å². The Labute approximate surface area is 96.5 Å². The van der Waals surface area contributed by atoms with Crippen molar-refractivity contribution in [2.24, 2.45) is 5.92 Å². The maximum Gasteiger partial charge on any atom is 0.122 e. The van der Waals surface area contributed by atoms with Crippen molar-refractivity contribution in [3.05, 3.63) is 18.2 Å². The molecule has 1 aliphatic heterocycles. The van der Waals surface area contributed by atoms with Crippen LogP contribution in [-0.4, -0.2) is 27.5 Å². The number of piperidine rings is 1. The van der Waals surface area contributed by atoms with E-state index in [2.05, 4.69) is 27.4 Å². The molecular weight excluding hydrogens is 200 g/mol. The fraction of sp³-hybridized carbons (Fsp3) is 0.667. The third kappa shape index (κ3) is 2.42. The lowest BCUT2D eigenvalue weighted by Crippen LogP contribution is -2.33. The molecule has 1 aromatic heterocycles. The summed E-state index contributed by atoms with van der Waals surface area (Å²) in [4.78, 5) is 6.77. The van der Waals surface area contributed by atoms with Gasteiger partial charge in [0.25, 0.3) is 0 Å². The van der Waals surface area contributed by atoms with Gasteiger partial charge in [-0.05, 0) is 32.9 Å². The molecule has 2 rings (SSSR count). The largest absolute Gasteiger partial charge is 0.334 e. The summed E-state index contributed by atoms with van der Waals surface area (Å²) in [5, 5.41) is 8.83. The average molecular weight is 218 g/mol. The maximum atomic E-state index is 8.83. The van der Waals surface area contributed by atoms with Gasteiger partial charge in [-0.3, -0.25) is 4.90 Å². The number of nitrogens with zero attached hydrogens (tertiary/aromatic N) is 4. The van der Waals surface area contributed by atoms with Gasteiger partial charge in [-0.1, -0.05) is 0 Å². The molecule has 1 fully saturated rings. The minimum atomic E-state index is 0.266. The highest BCUT2D eigenvalue weighted by Crippen LogP contribution is 2.17. The number of hydrogen-bond acceptors (Lipinski definition) is 3. The van der Waals surface area contributed by atoms with Crippen molar-refractivity contribution in [2.45, 2.75) is 32.9 Å². The average Bonchev–Trinajstić information content (AvgIpc) is 2.77. The van der Waals surface area contributed by atoms with Crippen LogP contribution in [0.15, 0.2) is 12.4 Å². The molecule has 4 heteroatoms. The van der Waals surface area contributed by atoms with Crippen LogP contribution in [-0.2, 0) is 13.1 Å². The van der Waals surface area contributed by atoms with Gasteiger partial charge >= 0.3 is 0 Å². The molecule has 0 N–H and O–H groups in total. The third-order valence-corrected chi connectivity index (χ3v) is 3.28. The topological polar surface area (TPSA) is 44.9 Å². The Bertz CT molecular complexity index is 369. The number of rotatable bonds is 3. The second-order valence-corrected chi connectivity index (χ2v) is 4.31. The monoisotopic (exact) mass is 218 g/mol. The van der Waals surface area contributed by atoms with Gasteiger partial charge in [0.15, 0.2) is 0 Å². The molecule has 0 aromatic carbocycles. The van der Waals surface area contributed by atoms with Crippen molar-refractivity contribution < 1.29 is 0 Å². The molecule has 0 saturated carbocycles. The van der Waals surface area contributed by atoms with E-state index in [1.165, 1.54) is 0 Å². The maximum absolute atomic E-state index is 8.83. The van der Waals surface area contributed by atoms with Crippen molar-refractivity contribution in [2.75, 3.05) is 13.1 Å². The smallest absolute Gasteiger partial charge is 0.122 e. The third-order valence-electron chi connectivity index (χ3n) is 3.28. The number of aromatic nitrogens is 2. The van der Waals surface area contributed by atoms with E-state index in [0.717, 1.165) is 44.8 Å². The van der Waals surface area contributed by atoms with E-state index in [4.69, 9.17) is 5.26 Å². The fourth-order valence-corrected chi connectivity index (χ4v) is 2.20. The van der Waals surface area contributed by atoms with Gasteiger partial charge in [0.2, 0.25) is 0 Å². The lowest BCUT2D eigenvalue weighted by atomic mass is 9.99. The van der Waals surface area contributed by atoms with Crippen LogP contribution in [0.1, 0.15) is 25.6 Å². The molecule has 0 amide bonds. The molecule has 0 unspecified atom stereocenters. The van der Waals surface area contributed by atoms with Gasteiger partial charge in [-0.15, -0.1) is 0 Å². The standard InChI is InChI=1S/C12H18N4/c1-2-16-8-5-14-12(16)10-15-6-3-11(9-13)4-7-15/h5,8,11H,2-4,6-7,10H2,1H3. The summed E-state index contributed by atoms with van der Waals surface area (Å²) >= 11 is 0. The Morgan fingerprint density at radius 3 is 2.88 bits per heavy atom. The number of imidazole rings is 1. The van der Waals surface area contributed by atoms with Gasteiger partial charge in [0.05, 0.1) is 12.6 Å². The number of aryl methyl sites for hydroxylation is 1. The van der Waals surface area contributed by atoms with Gasteiger partial charge in [-0.25, -0.2) is 4.98 Å². The van der Waals surface area contributed by atoms with Crippen LogP contribution in [0.25, 0.3) is 0 Å². The molecule has 1 aromatic rings. The Balaban J connectivity index is 1.90. The second-order valence-electron chi connectivity index (χ2n) is 4.31. The number of nitriles is 1. The van der Waals surface area contributed by atoms with Crippen molar-refractivity contribution in [1.29, 1.82) is 5.26 Å². The normalized spacial score (nSPS) is 18.5. The molecule has 4 nitrogen and oxygen atoms in total. The van der Waals surface area contributed by atoms with Crippen molar-refractivity contribution in [1.82, 2.24) is 14.5 Å². The van der Waals surface area contributed by atoms with Crippen LogP contribution < -0.4 is 0 Å². The molecule has 16 heavy (non-hydrogen) atoms. The highest BCUT2D eigenvalue weighted by molar-refractivity contribution is 4.94. The molecule has 1 aliphatic rings. The van der Waals surface area contributed by atoms with E-state index >= 15 is 0 Å². The SMILES string of the molecule is CCn1ccnc1CN1CCC(C#N)CC1. The summed E-state index contributed by atoms with van der Waals surface area (Å²) in [6.07, 6.45) is 5.89. The van der Waals surface area contributed by atoms with Gasteiger partial charge in [-0.2, -0.15) is 5.26 Å². The molecule has 0 radical (unpaired) electrons. The Morgan fingerprint density at radius 2 is 2.25 bits per heavy atom. The summed E-state index contributed by atoms with van der Waals surface area (Å²) in [6.45, 7) is 6.07. The van der Waals surface area contributed by atoms with E-state index in [0.29, 0.717) is 0 Å². The quantitative estimate of drug-likeness (QED) is 0.774. The summed E-state index contributed by atoms with van der Waals surface area (Å²) in [6, 6.07) is 2.36. The summed E-state index contributed by atoms with van der Waals surface area (Å²) in [5.74, 6) is 1.40. The van der Waals surface area contributed by atoms with E-state index in [9.17, 15) is 0 Å². The van der Waals surface area contributed by atoms with Crippen molar-refractivity contribution >= 4 is 0 Å². The minimum Gasteiger partial charge on any atom is -0.334 e. The zero-order valence-corrected chi connectivity index (χ0v) is 9.76. The number of likely N-dealkylation sites (tertiary alicyclic amines) is 1. The Morgan fingerprint density at radius 1 is 1.50 bits per heavy atom. The highest BCUT2D eigenvalue weighted by atomic mass is 15.2. The summed E-state index contributed by atoms with van der Waals surface area (Å²) < 4.78 is 2.18. The van der Waals surface area contributed by atoms with Crippen LogP contribution >= 0.6 is 0 Å². The molecule has 0 spiro atoms. The van der Waals surface area contributed by atoms with Crippen molar-refractivity contribution in [3.8, 4) is 6.07 Å². The summed E-state index contributed by atoms with van der Waals surface area (Å²) in [7, 11) is 0. The van der Waals surface area contributed by atoms with Crippen LogP contribution in [0, 0.1) is 17.2 Å². The second kappa shape index (κ2) is 5.13. The molecule has 0 atom stereocenters. The van der Waals surface area contributed by atoms with Crippen molar-refractivity contribution in [3.63, 3.8) is 0 Å². The minimum absolute atomic E-state index is 0.266. The zero-order chi connectivity index (χ0) is 11.4. The van der Waals surface area contributed by atoms with Gasteiger partial charge in [0, 0.05) is 24.9 Å². The number of hydrogen-bond donors (Lipinski definition) is 0. The lowest BCUT2D eigenvalue weighted by Gasteiger charge is -2.28. The predicted octanol–water partition coefficient (Wildman–Crippen LogP) is 1.64. The van der Waals surface area contributed by atoms with Crippen LogP contribution in [0.5, 0.6) is 0 Å². The van der Waals surface area contributed by atoms with Crippen LogP contribution in [0.4, 0.5) is 0 Å². The molecule has 1 saturated heterocycles. The first kappa shape index (κ1) is 11.2. The lowest BCUT2D eigenvalue weighted by molar-refractivity contribution is 0.192. The molecule has 86 valence electrons. The van der Waals surface area contributed by atoms with E-state index in [-0.39, 0.29) is 5.92 Å². The first-order chi connectivity index (χ1) is 7.83. The Kier molecular flexibility index (Phi) is 3.58. The first-order valence-electron chi connectivity index (χ1n) is 5.95. The molecule has 0 bridgehead atoms. The zero-order valence-electron chi connectivity index (χ0n) is 9.76. The molecular formula is C12H18N4. The van der Waals surface area contributed by atoms with E-state index in [1.54, 1.807) is 0 Å². The highest BCUT2D eigenvalue weighted by Gasteiger charge is 2.19.